The van der Waals surface area contributed by atoms with Crippen LogP contribution in [0, 0.1) is 42.3 Å². The number of ether oxygens (including phenoxy) is 1. The van der Waals surface area contributed by atoms with Crippen LogP contribution in [0.1, 0.15) is 31.2 Å². The lowest BCUT2D eigenvalue weighted by Gasteiger charge is -2.20. The molecular weight excluding hydrogens is 451 g/mol. The second kappa shape index (κ2) is 8.00. The highest BCUT2D eigenvalue weighted by Gasteiger charge is 2.61. The molecule has 0 unspecified atom stereocenters. The highest BCUT2D eigenvalue weighted by Crippen LogP contribution is 2.56. The standard InChI is InChI=1S/C27H25FN2O5/c1-14-10-20(35-27(34)17-12-22(31)29(13-17)19-6-4-18(28)5-7-19)8-9-21(14)30-25(32)23-15-2-3-16(11-15)24(23)26(30)33/h4-10,15-17,23-24H,2-3,11-13H2,1H3/t15-,16-,17+,23-,24-/m0/s1. The van der Waals surface area contributed by atoms with Crippen molar-refractivity contribution in [3.8, 4) is 5.75 Å². The van der Waals surface area contributed by atoms with Crippen molar-refractivity contribution in [1.82, 2.24) is 0 Å². The summed E-state index contributed by atoms with van der Waals surface area (Å²) in [6.45, 7) is 1.94. The van der Waals surface area contributed by atoms with Gasteiger partial charge in [-0.05, 0) is 86.1 Å². The molecule has 4 fully saturated rings. The van der Waals surface area contributed by atoms with Crippen LogP contribution >= 0.6 is 0 Å². The Labute approximate surface area is 201 Å². The van der Waals surface area contributed by atoms with E-state index < -0.39 is 17.7 Å². The maximum Gasteiger partial charge on any atom is 0.316 e. The smallest absolute Gasteiger partial charge is 0.316 e. The maximum absolute atomic E-state index is 13.2. The quantitative estimate of drug-likeness (QED) is 0.382. The second-order valence-corrected chi connectivity index (χ2v) is 10.1. The number of carbonyl (C=O) groups excluding carboxylic acids is 4. The van der Waals surface area contributed by atoms with Crippen LogP contribution < -0.4 is 14.5 Å². The van der Waals surface area contributed by atoms with Crippen LogP contribution in [0.5, 0.6) is 5.75 Å². The first-order valence-electron chi connectivity index (χ1n) is 12.1. The van der Waals surface area contributed by atoms with Crippen LogP contribution in [0.2, 0.25) is 0 Å². The minimum absolute atomic E-state index is 0.00909. The van der Waals surface area contributed by atoms with Gasteiger partial charge in [-0.3, -0.25) is 19.2 Å². The molecule has 2 aromatic rings. The normalized spacial score (nSPS) is 29.3. The molecule has 2 heterocycles. The van der Waals surface area contributed by atoms with E-state index in [9.17, 15) is 23.6 Å². The molecule has 180 valence electrons. The number of fused-ring (bicyclic) bond motifs is 5. The number of rotatable bonds is 4. The van der Waals surface area contributed by atoms with Gasteiger partial charge in [0.25, 0.3) is 0 Å². The van der Waals surface area contributed by atoms with Gasteiger partial charge >= 0.3 is 5.97 Å². The molecular formula is C27H25FN2O5. The van der Waals surface area contributed by atoms with Crippen molar-refractivity contribution in [2.45, 2.75) is 32.6 Å². The minimum Gasteiger partial charge on any atom is -0.426 e. The Morgan fingerprint density at radius 2 is 1.63 bits per heavy atom. The molecule has 0 radical (unpaired) electrons. The predicted octanol–water partition coefficient (Wildman–Crippen LogP) is 3.63. The summed E-state index contributed by atoms with van der Waals surface area (Å²) in [5.74, 6) is -1.48. The Kier molecular flexibility index (Phi) is 5.02. The molecule has 0 N–H and O–H groups in total. The molecule has 2 bridgehead atoms. The third-order valence-corrected chi connectivity index (χ3v) is 8.15. The number of imide groups is 1. The zero-order valence-electron chi connectivity index (χ0n) is 19.3. The van der Waals surface area contributed by atoms with Crippen LogP contribution in [0.3, 0.4) is 0 Å². The first-order chi connectivity index (χ1) is 16.8. The number of hydrogen-bond donors (Lipinski definition) is 0. The number of hydrogen-bond acceptors (Lipinski definition) is 5. The van der Waals surface area contributed by atoms with Gasteiger partial charge in [0.2, 0.25) is 17.7 Å². The van der Waals surface area contributed by atoms with Crippen molar-refractivity contribution in [2.24, 2.45) is 29.6 Å². The topological polar surface area (TPSA) is 84.0 Å². The van der Waals surface area contributed by atoms with Crippen LogP contribution in [0.25, 0.3) is 0 Å². The first kappa shape index (κ1) is 21.9. The van der Waals surface area contributed by atoms with Gasteiger partial charge in [0.05, 0.1) is 23.4 Å². The number of esters is 1. The molecule has 2 saturated carbocycles. The summed E-state index contributed by atoms with van der Waals surface area (Å²) in [6, 6.07) is 10.4. The summed E-state index contributed by atoms with van der Waals surface area (Å²) in [5, 5.41) is 0. The number of amides is 3. The van der Waals surface area contributed by atoms with E-state index in [0.717, 1.165) is 19.3 Å². The third kappa shape index (κ3) is 3.46. The molecule has 2 aliphatic heterocycles. The highest BCUT2D eigenvalue weighted by molar-refractivity contribution is 6.23. The summed E-state index contributed by atoms with van der Waals surface area (Å²) >= 11 is 0. The van der Waals surface area contributed by atoms with E-state index in [1.807, 2.05) is 0 Å². The van der Waals surface area contributed by atoms with E-state index in [4.69, 9.17) is 4.74 Å². The molecule has 0 aromatic heterocycles. The van der Waals surface area contributed by atoms with E-state index >= 15 is 0 Å². The molecule has 8 heteroatoms. The summed E-state index contributed by atoms with van der Waals surface area (Å²) < 4.78 is 18.8. The zero-order chi connectivity index (χ0) is 24.4. The number of halogens is 1. The molecule has 2 aliphatic carbocycles. The van der Waals surface area contributed by atoms with Gasteiger partial charge in [-0.25, -0.2) is 9.29 Å². The molecule has 6 rings (SSSR count). The molecule has 3 amide bonds. The van der Waals surface area contributed by atoms with Crippen LogP contribution in [-0.4, -0.2) is 30.2 Å². The average Bonchev–Trinajstić information content (AvgIpc) is 3.59. The molecule has 5 atom stereocenters. The third-order valence-electron chi connectivity index (χ3n) is 8.15. The molecule has 0 spiro atoms. The summed E-state index contributed by atoms with van der Waals surface area (Å²) in [7, 11) is 0. The van der Waals surface area contributed by atoms with E-state index in [2.05, 4.69) is 0 Å². The fraction of sp³-hybridized carbons (Fsp3) is 0.407. The summed E-state index contributed by atoms with van der Waals surface area (Å²) in [4.78, 5) is 54.3. The van der Waals surface area contributed by atoms with Gasteiger partial charge in [0, 0.05) is 18.7 Å². The van der Waals surface area contributed by atoms with Gasteiger partial charge in [-0.2, -0.15) is 0 Å². The van der Waals surface area contributed by atoms with E-state index in [0.29, 0.717) is 34.5 Å². The van der Waals surface area contributed by atoms with E-state index in [1.165, 1.54) is 34.1 Å². The SMILES string of the molecule is Cc1cc(OC(=O)[C@@H]2CC(=O)N(c3ccc(F)cc3)C2)ccc1N1C(=O)[C@H]2[C@H]3CC[C@@H](C3)[C@@H]2C1=O. The number of nitrogens with zero attached hydrogens (tertiary/aromatic N) is 2. The van der Waals surface area contributed by atoms with Gasteiger partial charge in [0.1, 0.15) is 11.6 Å². The fourth-order valence-corrected chi connectivity index (χ4v) is 6.52. The summed E-state index contributed by atoms with van der Waals surface area (Å²) in [5.41, 5.74) is 1.73. The molecule has 4 aliphatic rings. The maximum atomic E-state index is 13.2. The van der Waals surface area contributed by atoms with Crippen molar-refractivity contribution < 1.29 is 28.3 Å². The molecule has 2 saturated heterocycles. The lowest BCUT2D eigenvalue weighted by molar-refractivity contribution is -0.139. The van der Waals surface area contributed by atoms with Crippen molar-refractivity contribution in [3.63, 3.8) is 0 Å². The van der Waals surface area contributed by atoms with Crippen molar-refractivity contribution in [3.05, 3.63) is 53.8 Å². The monoisotopic (exact) mass is 476 g/mol. The van der Waals surface area contributed by atoms with Crippen LogP contribution in [0.15, 0.2) is 42.5 Å². The largest absolute Gasteiger partial charge is 0.426 e. The lowest BCUT2D eigenvalue weighted by atomic mass is 9.81. The Bertz CT molecular complexity index is 1230. The van der Waals surface area contributed by atoms with Crippen LogP contribution in [-0.2, 0) is 19.2 Å². The Hall–Kier alpha value is -3.55. The molecule has 35 heavy (non-hydrogen) atoms. The summed E-state index contributed by atoms with van der Waals surface area (Å²) in [6.07, 6.45) is 3.04. The number of aryl methyl sites for hydroxylation is 1. The highest BCUT2D eigenvalue weighted by atomic mass is 19.1. The van der Waals surface area contributed by atoms with Crippen LogP contribution in [0.4, 0.5) is 15.8 Å². The van der Waals surface area contributed by atoms with Crippen molar-refractivity contribution in [1.29, 1.82) is 0 Å². The van der Waals surface area contributed by atoms with Gasteiger partial charge < -0.3 is 9.64 Å². The minimum atomic E-state index is -0.649. The molecule has 2 aromatic carbocycles. The van der Waals surface area contributed by atoms with E-state index in [1.54, 1.807) is 25.1 Å². The van der Waals surface area contributed by atoms with Crippen molar-refractivity contribution in [2.75, 3.05) is 16.3 Å². The predicted molar refractivity (Wildman–Crippen MR) is 124 cm³/mol. The fourth-order valence-electron chi connectivity index (χ4n) is 6.52. The number of carbonyl (C=O) groups is 4. The lowest BCUT2D eigenvalue weighted by Crippen LogP contribution is -2.33. The second-order valence-electron chi connectivity index (χ2n) is 10.1. The Morgan fingerprint density at radius 1 is 0.971 bits per heavy atom. The Balaban J connectivity index is 1.15. The first-order valence-corrected chi connectivity index (χ1v) is 12.1. The Morgan fingerprint density at radius 3 is 2.26 bits per heavy atom. The number of benzene rings is 2. The van der Waals surface area contributed by atoms with E-state index in [-0.39, 0.29) is 42.5 Å². The average molecular weight is 477 g/mol. The van der Waals surface area contributed by atoms with Gasteiger partial charge in [-0.15, -0.1) is 0 Å². The number of anilines is 2. The van der Waals surface area contributed by atoms with Gasteiger partial charge in [0.15, 0.2) is 0 Å². The van der Waals surface area contributed by atoms with Gasteiger partial charge in [-0.1, -0.05) is 0 Å². The zero-order valence-corrected chi connectivity index (χ0v) is 19.3. The van der Waals surface area contributed by atoms with Crippen molar-refractivity contribution >= 4 is 35.1 Å². The molecule has 7 nitrogen and oxygen atoms in total.